The molecule has 0 bridgehead atoms. The van der Waals surface area contributed by atoms with Crippen molar-refractivity contribution in [1.29, 1.82) is 0 Å². The van der Waals surface area contributed by atoms with Crippen LogP contribution < -0.4 is 4.74 Å². The van der Waals surface area contributed by atoms with Gasteiger partial charge in [-0.1, -0.05) is 11.2 Å². The van der Waals surface area contributed by atoms with Crippen molar-refractivity contribution in [3.05, 3.63) is 50.9 Å². The summed E-state index contributed by atoms with van der Waals surface area (Å²) in [4.78, 5) is 21.2. The number of carboxylic acid groups (broad SMARTS) is 1. The topological polar surface area (TPSA) is 116 Å². The molecule has 8 heteroatoms. The van der Waals surface area contributed by atoms with Crippen molar-refractivity contribution in [3.63, 3.8) is 0 Å². The third-order valence-corrected chi connectivity index (χ3v) is 2.73. The number of nitro benzene ring substituents is 1. The molecule has 0 amide bonds. The van der Waals surface area contributed by atoms with Gasteiger partial charge in [-0.15, -0.1) is 0 Å². The molecule has 110 valence electrons. The number of rotatable bonds is 5. The number of nitrogens with zero attached hydrogens (tertiary/aromatic N) is 2. The van der Waals surface area contributed by atoms with Gasteiger partial charge >= 0.3 is 11.7 Å². The number of carboxylic acids is 1. The van der Waals surface area contributed by atoms with Crippen molar-refractivity contribution < 1.29 is 24.1 Å². The maximum atomic E-state index is 11.0. The third-order valence-electron chi connectivity index (χ3n) is 2.73. The molecule has 0 spiro atoms. The van der Waals surface area contributed by atoms with E-state index in [0.717, 1.165) is 5.56 Å². The molecule has 1 N–H and O–H groups in total. The minimum absolute atomic E-state index is 0.124. The summed E-state index contributed by atoms with van der Waals surface area (Å²) in [5, 5.41) is 23.1. The molecule has 2 rings (SSSR count). The Morgan fingerprint density at radius 1 is 1.43 bits per heavy atom. The Bertz CT molecular complexity index is 707. The van der Waals surface area contributed by atoms with Crippen molar-refractivity contribution in [2.24, 2.45) is 0 Å². The van der Waals surface area contributed by atoms with Gasteiger partial charge in [0.05, 0.1) is 4.92 Å². The monoisotopic (exact) mass is 292 g/mol. The molecule has 0 radical (unpaired) electrons. The maximum absolute atomic E-state index is 11.0. The van der Waals surface area contributed by atoms with Crippen molar-refractivity contribution >= 4 is 11.7 Å². The van der Waals surface area contributed by atoms with Crippen LogP contribution in [0.1, 0.15) is 27.4 Å². The molecule has 21 heavy (non-hydrogen) atoms. The van der Waals surface area contributed by atoms with Gasteiger partial charge in [0.25, 0.3) is 0 Å². The zero-order valence-electron chi connectivity index (χ0n) is 11.3. The van der Waals surface area contributed by atoms with E-state index in [2.05, 4.69) is 5.16 Å². The molecule has 2 aromatic rings. The predicted octanol–water partition coefficient (Wildman–Crippen LogP) is 2.48. The molecule has 0 fully saturated rings. The summed E-state index contributed by atoms with van der Waals surface area (Å²) in [6.45, 7) is 3.29. The van der Waals surface area contributed by atoms with Crippen molar-refractivity contribution in [1.82, 2.24) is 5.16 Å². The van der Waals surface area contributed by atoms with E-state index in [4.69, 9.17) is 14.4 Å². The first kappa shape index (κ1) is 14.5. The van der Waals surface area contributed by atoms with Crippen LogP contribution in [0.25, 0.3) is 0 Å². The van der Waals surface area contributed by atoms with Gasteiger partial charge in [0.2, 0.25) is 5.75 Å². The second kappa shape index (κ2) is 5.61. The fourth-order valence-electron chi connectivity index (χ4n) is 1.88. The lowest BCUT2D eigenvalue weighted by Gasteiger charge is -2.08. The number of aromatic nitrogens is 1. The summed E-state index contributed by atoms with van der Waals surface area (Å²) in [5.41, 5.74) is 0.966. The average Bonchev–Trinajstić information content (AvgIpc) is 2.85. The number of aromatic carboxylic acids is 1. The van der Waals surface area contributed by atoms with E-state index in [0.29, 0.717) is 5.56 Å². The van der Waals surface area contributed by atoms with Gasteiger partial charge in [0.15, 0.2) is 11.5 Å². The van der Waals surface area contributed by atoms with E-state index in [9.17, 15) is 14.9 Å². The molecule has 0 aliphatic carbocycles. The highest BCUT2D eigenvalue weighted by Gasteiger charge is 2.19. The summed E-state index contributed by atoms with van der Waals surface area (Å²) in [6.07, 6.45) is 0. The number of ether oxygens (including phenoxy) is 1. The van der Waals surface area contributed by atoms with Gasteiger partial charge in [0, 0.05) is 12.1 Å². The minimum atomic E-state index is -1.22. The van der Waals surface area contributed by atoms with Gasteiger partial charge in [-0.2, -0.15) is 0 Å². The van der Waals surface area contributed by atoms with E-state index in [1.54, 1.807) is 19.9 Å². The highest BCUT2D eigenvalue weighted by atomic mass is 16.6. The molecule has 0 saturated carbocycles. The van der Waals surface area contributed by atoms with Crippen LogP contribution in [-0.2, 0) is 6.61 Å². The van der Waals surface area contributed by atoms with Crippen molar-refractivity contribution in [2.75, 3.05) is 0 Å². The molecule has 0 saturated heterocycles. The highest BCUT2D eigenvalue weighted by Crippen LogP contribution is 2.32. The normalized spacial score (nSPS) is 10.4. The van der Waals surface area contributed by atoms with E-state index in [1.165, 1.54) is 12.1 Å². The zero-order valence-corrected chi connectivity index (χ0v) is 11.3. The number of aryl methyl sites for hydroxylation is 2. The lowest BCUT2D eigenvalue weighted by Crippen LogP contribution is -2.01. The number of carbonyl (C=O) groups is 1. The molecular formula is C13H12N2O6. The van der Waals surface area contributed by atoms with Gasteiger partial charge in [-0.05, 0) is 25.0 Å². The molecule has 0 aliphatic heterocycles. The molecule has 0 atom stereocenters. The molecular weight excluding hydrogens is 280 g/mol. The lowest BCUT2D eigenvalue weighted by atomic mass is 10.1. The summed E-state index contributed by atoms with van der Waals surface area (Å²) in [6, 6.07) is 4.37. The SMILES string of the molecule is Cc1cc(C)c(OCc2cc(C(=O)O)no2)c([N+](=O)[O-])c1. The Balaban J connectivity index is 2.23. The molecule has 0 aliphatic rings. The fraction of sp³-hybridized carbons (Fsp3) is 0.231. The molecule has 1 aromatic heterocycles. The second-order valence-electron chi connectivity index (χ2n) is 4.46. The Morgan fingerprint density at radius 3 is 2.71 bits per heavy atom. The Morgan fingerprint density at radius 2 is 2.14 bits per heavy atom. The summed E-state index contributed by atoms with van der Waals surface area (Å²) >= 11 is 0. The molecule has 1 heterocycles. The minimum Gasteiger partial charge on any atom is -0.478 e. The van der Waals surface area contributed by atoms with Crippen molar-refractivity contribution in [3.8, 4) is 5.75 Å². The summed E-state index contributed by atoms with van der Waals surface area (Å²) in [7, 11) is 0. The van der Waals surface area contributed by atoms with Crippen molar-refractivity contribution in [2.45, 2.75) is 20.5 Å². The molecule has 0 unspecified atom stereocenters. The average molecular weight is 292 g/mol. The fourth-order valence-corrected chi connectivity index (χ4v) is 1.88. The number of hydrogen-bond donors (Lipinski definition) is 1. The highest BCUT2D eigenvalue weighted by molar-refractivity contribution is 5.85. The van der Waals surface area contributed by atoms with Crippen LogP contribution >= 0.6 is 0 Å². The van der Waals surface area contributed by atoms with Crippen LogP contribution in [0.15, 0.2) is 22.7 Å². The zero-order chi connectivity index (χ0) is 15.6. The predicted molar refractivity (Wildman–Crippen MR) is 70.4 cm³/mol. The standard InChI is InChI=1S/C13H12N2O6/c1-7-3-8(2)12(11(4-7)15(18)19)20-6-9-5-10(13(16)17)14-21-9/h3-5H,6H2,1-2H3,(H,16,17). The first-order valence-corrected chi connectivity index (χ1v) is 5.96. The van der Waals surface area contributed by atoms with Crippen LogP contribution in [0, 0.1) is 24.0 Å². The smallest absolute Gasteiger partial charge is 0.358 e. The quantitative estimate of drug-likeness (QED) is 0.664. The first-order chi connectivity index (χ1) is 9.88. The van der Waals surface area contributed by atoms with E-state index < -0.39 is 10.9 Å². The summed E-state index contributed by atoms with van der Waals surface area (Å²) < 4.78 is 10.2. The van der Waals surface area contributed by atoms with Crippen LogP contribution in [0.2, 0.25) is 0 Å². The number of benzene rings is 1. The van der Waals surface area contributed by atoms with Crippen LogP contribution in [0.5, 0.6) is 5.75 Å². The van der Waals surface area contributed by atoms with Crippen LogP contribution in [0.4, 0.5) is 5.69 Å². The van der Waals surface area contributed by atoms with E-state index in [1.807, 2.05) is 0 Å². The second-order valence-corrected chi connectivity index (χ2v) is 4.46. The van der Waals surface area contributed by atoms with Gasteiger partial charge in [-0.3, -0.25) is 10.1 Å². The Labute approximate surface area is 119 Å². The number of hydrogen-bond acceptors (Lipinski definition) is 6. The van der Waals surface area contributed by atoms with E-state index in [-0.39, 0.29) is 29.5 Å². The van der Waals surface area contributed by atoms with Gasteiger partial charge in [0.1, 0.15) is 6.61 Å². The summed E-state index contributed by atoms with van der Waals surface area (Å²) in [5.74, 6) is -0.928. The Hall–Kier alpha value is -2.90. The van der Waals surface area contributed by atoms with Gasteiger partial charge in [-0.25, -0.2) is 4.79 Å². The van der Waals surface area contributed by atoms with Crippen LogP contribution in [-0.4, -0.2) is 21.2 Å². The number of nitro groups is 1. The maximum Gasteiger partial charge on any atom is 0.358 e. The lowest BCUT2D eigenvalue weighted by molar-refractivity contribution is -0.386. The largest absolute Gasteiger partial charge is 0.478 e. The van der Waals surface area contributed by atoms with Gasteiger partial charge < -0.3 is 14.4 Å². The first-order valence-electron chi connectivity index (χ1n) is 5.96. The third kappa shape index (κ3) is 3.16. The van der Waals surface area contributed by atoms with Crippen LogP contribution in [0.3, 0.4) is 0 Å². The molecule has 8 nitrogen and oxygen atoms in total. The molecule has 1 aromatic carbocycles. The Kier molecular flexibility index (Phi) is 3.88. The van der Waals surface area contributed by atoms with E-state index >= 15 is 0 Å².